The molecule has 1 heterocycles. The molecule has 1 amide bonds. The van der Waals surface area contributed by atoms with Crippen molar-refractivity contribution in [1.29, 1.82) is 0 Å². The monoisotopic (exact) mass is 224 g/mol. The summed E-state index contributed by atoms with van der Waals surface area (Å²) in [6.45, 7) is 6.96. The van der Waals surface area contributed by atoms with E-state index in [4.69, 9.17) is 4.42 Å². The number of hydrogen-bond donors (Lipinski definition) is 1. The Labute approximate surface area is 94.2 Å². The van der Waals surface area contributed by atoms with Crippen LogP contribution in [0.2, 0.25) is 0 Å². The predicted octanol–water partition coefficient (Wildman–Crippen LogP) is 1.25. The lowest BCUT2D eigenvalue weighted by molar-refractivity contribution is -0.120. The normalized spacial score (nSPS) is 10.6. The highest BCUT2D eigenvalue weighted by atomic mass is 16.4. The van der Waals surface area contributed by atoms with Crippen molar-refractivity contribution in [2.75, 3.05) is 6.54 Å². The minimum Gasteiger partial charge on any atom is -0.436 e. The van der Waals surface area contributed by atoms with Crippen LogP contribution in [-0.2, 0) is 4.79 Å². The second-order valence-corrected chi connectivity index (χ2v) is 3.95. The summed E-state index contributed by atoms with van der Waals surface area (Å²) in [5.41, 5.74) is 0.534. The number of aromatic nitrogens is 1. The van der Waals surface area contributed by atoms with Gasteiger partial charge in [0.2, 0.25) is 5.76 Å². The zero-order chi connectivity index (χ0) is 12.3. The molecule has 5 nitrogen and oxygen atoms in total. The van der Waals surface area contributed by atoms with Crippen LogP contribution < -0.4 is 5.32 Å². The summed E-state index contributed by atoms with van der Waals surface area (Å²) in [4.78, 5) is 26.9. The Morgan fingerprint density at radius 1 is 1.38 bits per heavy atom. The first-order valence-corrected chi connectivity index (χ1v) is 5.16. The van der Waals surface area contributed by atoms with Gasteiger partial charge in [-0.1, -0.05) is 13.8 Å². The molecule has 88 valence electrons. The maximum Gasteiger partial charge on any atom is 0.289 e. The molecule has 0 spiro atoms. The van der Waals surface area contributed by atoms with Crippen molar-refractivity contribution in [2.45, 2.75) is 27.7 Å². The van der Waals surface area contributed by atoms with Crippen LogP contribution in [0.5, 0.6) is 0 Å². The van der Waals surface area contributed by atoms with Gasteiger partial charge in [-0.3, -0.25) is 9.59 Å². The first-order valence-electron chi connectivity index (χ1n) is 5.16. The molecule has 0 fully saturated rings. The van der Waals surface area contributed by atoms with Crippen molar-refractivity contribution in [3.05, 3.63) is 17.3 Å². The van der Waals surface area contributed by atoms with E-state index in [2.05, 4.69) is 10.3 Å². The van der Waals surface area contributed by atoms with Crippen LogP contribution in [0, 0.1) is 19.8 Å². The molecule has 16 heavy (non-hydrogen) atoms. The van der Waals surface area contributed by atoms with Gasteiger partial charge in [-0.15, -0.1) is 0 Å². The number of carbonyl (C=O) groups is 2. The molecule has 1 rings (SSSR count). The topological polar surface area (TPSA) is 72.2 Å². The van der Waals surface area contributed by atoms with Crippen LogP contribution in [0.25, 0.3) is 0 Å². The Bertz CT molecular complexity index is 407. The van der Waals surface area contributed by atoms with Gasteiger partial charge in [0.05, 0.1) is 12.2 Å². The highest BCUT2D eigenvalue weighted by Gasteiger charge is 2.17. The van der Waals surface area contributed by atoms with Gasteiger partial charge in [0.25, 0.3) is 5.91 Å². The molecule has 0 saturated carbocycles. The molecular formula is C11H16N2O3. The number of nitrogens with zero attached hydrogens (tertiary/aromatic N) is 1. The number of amides is 1. The number of hydrogen-bond acceptors (Lipinski definition) is 4. The van der Waals surface area contributed by atoms with Crippen LogP contribution in [-0.4, -0.2) is 23.2 Å². The van der Waals surface area contributed by atoms with Crippen molar-refractivity contribution in [1.82, 2.24) is 10.3 Å². The number of oxazole rings is 1. The van der Waals surface area contributed by atoms with Crippen molar-refractivity contribution >= 4 is 11.7 Å². The standard InChI is InChI=1S/C11H16N2O3/c1-6(2)9(14)5-12-11(15)10-7(3)13-8(4)16-10/h6H,5H2,1-4H3,(H,12,15). The van der Waals surface area contributed by atoms with Crippen molar-refractivity contribution in [3.8, 4) is 0 Å². The minimum absolute atomic E-state index is 0.0118. The summed E-state index contributed by atoms with van der Waals surface area (Å²) >= 11 is 0. The summed E-state index contributed by atoms with van der Waals surface area (Å²) in [7, 11) is 0. The largest absolute Gasteiger partial charge is 0.436 e. The number of nitrogens with one attached hydrogen (secondary N) is 1. The van der Waals surface area contributed by atoms with Gasteiger partial charge in [-0.05, 0) is 6.92 Å². The third-order valence-electron chi connectivity index (χ3n) is 2.18. The fourth-order valence-corrected chi connectivity index (χ4v) is 1.19. The molecule has 0 radical (unpaired) electrons. The maximum absolute atomic E-state index is 11.6. The summed E-state index contributed by atoms with van der Waals surface area (Å²) < 4.78 is 5.13. The molecule has 0 saturated heterocycles. The Kier molecular flexibility index (Phi) is 3.82. The minimum atomic E-state index is -0.396. The second kappa shape index (κ2) is 4.92. The SMILES string of the molecule is Cc1nc(C)c(C(=O)NCC(=O)C(C)C)o1. The van der Waals surface area contributed by atoms with Crippen LogP contribution >= 0.6 is 0 Å². The lowest BCUT2D eigenvalue weighted by Crippen LogP contribution is -2.31. The van der Waals surface area contributed by atoms with E-state index >= 15 is 0 Å². The molecule has 1 aromatic heterocycles. The summed E-state index contributed by atoms with van der Waals surface area (Å²) in [5.74, 6) is 0.124. The van der Waals surface area contributed by atoms with Crippen molar-refractivity contribution in [2.24, 2.45) is 5.92 Å². The zero-order valence-corrected chi connectivity index (χ0v) is 9.96. The quantitative estimate of drug-likeness (QED) is 0.835. The molecule has 0 aliphatic heterocycles. The Hall–Kier alpha value is -1.65. The Morgan fingerprint density at radius 3 is 2.44 bits per heavy atom. The van der Waals surface area contributed by atoms with E-state index in [1.807, 2.05) is 0 Å². The number of carbonyl (C=O) groups excluding carboxylic acids is 2. The molecule has 0 bridgehead atoms. The average molecular weight is 224 g/mol. The van der Waals surface area contributed by atoms with E-state index < -0.39 is 5.91 Å². The van der Waals surface area contributed by atoms with Gasteiger partial charge in [-0.25, -0.2) is 4.98 Å². The molecule has 0 aliphatic carbocycles. The third-order valence-corrected chi connectivity index (χ3v) is 2.18. The van der Waals surface area contributed by atoms with E-state index in [1.54, 1.807) is 27.7 Å². The molecule has 0 atom stereocenters. The van der Waals surface area contributed by atoms with Crippen molar-refractivity contribution < 1.29 is 14.0 Å². The van der Waals surface area contributed by atoms with E-state index in [1.165, 1.54) is 0 Å². The Morgan fingerprint density at radius 2 is 2.00 bits per heavy atom. The van der Waals surface area contributed by atoms with E-state index in [9.17, 15) is 9.59 Å². The fraction of sp³-hybridized carbons (Fsp3) is 0.545. The van der Waals surface area contributed by atoms with Gasteiger partial charge in [0, 0.05) is 12.8 Å². The number of aryl methyl sites for hydroxylation is 2. The van der Waals surface area contributed by atoms with Gasteiger partial charge in [0.15, 0.2) is 11.7 Å². The molecule has 1 N–H and O–H groups in total. The van der Waals surface area contributed by atoms with E-state index in [0.29, 0.717) is 11.6 Å². The highest BCUT2D eigenvalue weighted by molar-refractivity contribution is 5.95. The van der Waals surface area contributed by atoms with E-state index in [0.717, 1.165) is 0 Å². The van der Waals surface area contributed by atoms with E-state index in [-0.39, 0.29) is 24.0 Å². The lowest BCUT2D eigenvalue weighted by atomic mass is 10.1. The first kappa shape index (κ1) is 12.4. The zero-order valence-electron chi connectivity index (χ0n) is 9.96. The number of rotatable bonds is 4. The molecule has 0 unspecified atom stereocenters. The fourth-order valence-electron chi connectivity index (χ4n) is 1.19. The van der Waals surface area contributed by atoms with Gasteiger partial charge < -0.3 is 9.73 Å². The third kappa shape index (κ3) is 2.92. The van der Waals surface area contributed by atoms with Crippen LogP contribution in [0.15, 0.2) is 4.42 Å². The number of Topliss-reactive ketones (excluding diaryl/α,β-unsaturated/α-hetero) is 1. The Balaban J connectivity index is 2.60. The molecule has 5 heteroatoms. The second-order valence-electron chi connectivity index (χ2n) is 3.95. The van der Waals surface area contributed by atoms with Crippen LogP contribution in [0.1, 0.15) is 36.0 Å². The molecule has 0 aromatic carbocycles. The van der Waals surface area contributed by atoms with Crippen LogP contribution in [0.4, 0.5) is 0 Å². The highest BCUT2D eigenvalue weighted by Crippen LogP contribution is 2.08. The predicted molar refractivity (Wildman–Crippen MR) is 58.2 cm³/mol. The molecule has 1 aromatic rings. The van der Waals surface area contributed by atoms with Gasteiger partial charge in [-0.2, -0.15) is 0 Å². The summed E-state index contributed by atoms with van der Waals surface area (Å²) in [6.07, 6.45) is 0. The van der Waals surface area contributed by atoms with Gasteiger partial charge in [0.1, 0.15) is 0 Å². The summed E-state index contributed by atoms with van der Waals surface area (Å²) in [5, 5.41) is 2.51. The number of ketones is 1. The lowest BCUT2D eigenvalue weighted by Gasteiger charge is -2.04. The van der Waals surface area contributed by atoms with Gasteiger partial charge >= 0.3 is 0 Å². The maximum atomic E-state index is 11.6. The first-order chi connectivity index (χ1) is 7.41. The average Bonchev–Trinajstić information content (AvgIpc) is 2.53. The molecule has 0 aliphatic rings. The molecular weight excluding hydrogens is 208 g/mol. The smallest absolute Gasteiger partial charge is 0.289 e. The van der Waals surface area contributed by atoms with Crippen molar-refractivity contribution in [3.63, 3.8) is 0 Å². The summed E-state index contributed by atoms with van der Waals surface area (Å²) in [6, 6.07) is 0. The van der Waals surface area contributed by atoms with Crippen LogP contribution in [0.3, 0.4) is 0 Å².